The maximum Gasteiger partial charge on any atom is 0.331 e. The molecule has 8 fully saturated rings. The highest BCUT2D eigenvalue weighted by atomic mass is 35.5. The van der Waals surface area contributed by atoms with Crippen LogP contribution in [0.15, 0.2) is 219 Å². The van der Waals surface area contributed by atoms with E-state index in [2.05, 4.69) is 30.9 Å². The lowest BCUT2D eigenvalue weighted by molar-refractivity contribution is -0.164. The van der Waals surface area contributed by atoms with Gasteiger partial charge in [-0.25, -0.2) is 36.0 Å². The summed E-state index contributed by atoms with van der Waals surface area (Å²) < 4.78 is 70.0. The maximum atomic E-state index is 13.6. The summed E-state index contributed by atoms with van der Waals surface area (Å²) >= 11 is 9.43. The molecular formula is C77H76ClN13O16S4. The summed E-state index contributed by atoms with van der Waals surface area (Å²) in [6.45, 7) is 6.91. The molecule has 4 amide bonds. The van der Waals surface area contributed by atoms with Crippen molar-refractivity contribution < 1.29 is 74.5 Å². The molecule has 1 N–H and O–H groups in total. The van der Waals surface area contributed by atoms with Crippen LogP contribution in [0.5, 0.6) is 0 Å². The maximum absolute atomic E-state index is 13.6. The van der Waals surface area contributed by atoms with Crippen LogP contribution in [0, 0.1) is 0 Å². The molecule has 34 heteroatoms. The lowest BCUT2D eigenvalue weighted by Gasteiger charge is -2.38. The van der Waals surface area contributed by atoms with Gasteiger partial charge in [-0.15, -0.1) is 50.4 Å². The number of amides is 4. The van der Waals surface area contributed by atoms with Gasteiger partial charge in [0.25, 0.3) is 0 Å². The molecule has 0 radical (unpaired) electrons. The Morgan fingerprint density at radius 3 is 0.991 bits per heavy atom. The molecule has 8 aliphatic rings. The normalized spacial score (nSPS) is 27.2. The number of hydrogen-bond acceptors (Lipinski definition) is 23. The number of carbonyl (C=O) groups is 8. The zero-order valence-corrected chi connectivity index (χ0v) is 64.2. The quantitative estimate of drug-likeness (QED) is 0.0340. The fraction of sp³-hybridized carbons (Fsp3) is 0.351. The van der Waals surface area contributed by atoms with Crippen molar-refractivity contribution in [3.05, 3.63) is 253 Å². The van der Waals surface area contributed by atoms with Crippen LogP contribution in [0.4, 0.5) is 0 Å². The summed E-state index contributed by atoms with van der Waals surface area (Å²) in [5, 5.41) is 30.1. The van der Waals surface area contributed by atoms with Gasteiger partial charge in [-0.2, -0.15) is 0 Å². The number of rotatable bonds is 20. The van der Waals surface area contributed by atoms with E-state index in [1.54, 1.807) is 50.4 Å². The van der Waals surface area contributed by atoms with Gasteiger partial charge in [-0.3, -0.25) is 33.2 Å². The molecule has 6 aromatic carbocycles. The predicted octanol–water partition coefficient (Wildman–Crippen LogP) is 7.24. The molecule has 4 unspecified atom stereocenters. The summed E-state index contributed by atoms with van der Waals surface area (Å²) in [4.78, 5) is 106. The van der Waals surface area contributed by atoms with Gasteiger partial charge in [0.2, 0.25) is 23.6 Å². The van der Waals surface area contributed by atoms with E-state index in [1.807, 2.05) is 196 Å². The molecule has 0 spiro atoms. The number of fused-ring (bicyclic) bond motifs is 4. The van der Waals surface area contributed by atoms with Crippen molar-refractivity contribution in [2.45, 2.75) is 156 Å². The second-order valence-electron chi connectivity index (χ2n) is 28.7. The van der Waals surface area contributed by atoms with Crippen molar-refractivity contribution in [1.82, 2.24) is 64.6 Å². The van der Waals surface area contributed by atoms with Gasteiger partial charge < -0.3 is 38.9 Å². The highest BCUT2D eigenvalue weighted by Gasteiger charge is 2.72. The van der Waals surface area contributed by atoms with Crippen molar-refractivity contribution in [1.29, 1.82) is 0 Å². The Balaban J connectivity index is 0.000000125. The number of alkyl halides is 1. The second kappa shape index (κ2) is 30.9. The fourth-order valence-electron chi connectivity index (χ4n) is 15.7. The van der Waals surface area contributed by atoms with E-state index in [0.29, 0.717) is 19.4 Å². The standard InChI is InChI=1S/C23H22N4O5S.C23H22N4O3S.C21H20ClNO3S.C10H12N4O5S/c1-23(15-26-13-12-24-25-26)21(27-18(28)14-19(27)33(23,30)31)22(29)32-20(16-8-4-2-5-9-16)17-10-6-3-7-11-17;1-23(15-26-13-12-24-25-26)21(27-18(28)14-19(27)31-23)22(29)30-20(16-8-4-2-5-9-16)17-10-6-3-7-11-17;1-21(13-22)19(23-16(24)12-17(23)27-21)20(25)26-18(14-8-4-2-5-9-14)15-10-6-3-7-11-15;1-10(5-13-3-2-11-12-13)8(9(16)17)14-6(15)4-7(14)20(10,18)19/h2-13,19-21H,14-15H2,1H3;2-13,19-21H,14-15H2,1H3;2-11,17-19H,12-13H2,1H3;2-3,7-8H,4-5H2,1H3,(H,16,17)/t2*19?,21-,23-;17?,19-,21-;7?,8-,10-/m0000/s1. The largest absolute Gasteiger partial charge is 0.480 e. The molecular weight excluding hydrogens is 1530 g/mol. The minimum atomic E-state index is -3.88. The summed E-state index contributed by atoms with van der Waals surface area (Å²) in [6.07, 6.45) is 7.94. The van der Waals surface area contributed by atoms with E-state index in [-0.39, 0.29) is 60.3 Å². The van der Waals surface area contributed by atoms with Gasteiger partial charge >= 0.3 is 23.9 Å². The average Bonchev–Trinajstić information content (AvgIpc) is 1.53. The Morgan fingerprint density at radius 1 is 0.423 bits per heavy atom. The van der Waals surface area contributed by atoms with E-state index >= 15 is 0 Å². The minimum Gasteiger partial charge on any atom is -0.480 e. The highest BCUT2D eigenvalue weighted by Crippen LogP contribution is 2.55. The van der Waals surface area contributed by atoms with Crippen LogP contribution < -0.4 is 0 Å². The third-order valence-electron chi connectivity index (χ3n) is 21.4. The Labute approximate surface area is 651 Å². The van der Waals surface area contributed by atoms with Gasteiger partial charge in [0.1, 0.15) is 32.3 Å². The van der Waals surface area contributed by atoms with Crippen molar-refractivity contribution in [3.63, 3.8) is 0 Å². The first-order valence-corrected chi connectivity index (χ1v) is 40.9. The SMILES string of the molecule is C[C@@]1(CCl)SC2CC(=O)N2[C@H]1C(=O)OC(c1ccccc1)c1ccccc1.C[C@@]1(Cn2ccnn2)SC2CC(=O)N2[C@H]1C(=O)OC(c1ccccc1)c1ccccc1.C[C@]1(Cn2ccnn2)[C@H](C(=O)O)N2C(=O)CC2S1(=O)=O.C[C@]1(Cn2ccnn2)[C@H](C(=O)OC(c2ccccc2)c2ccccc2)N2C(=O)CC2S1(=O)=O. The summed E-state index contributed by atoms with van der Waals surface area (Å²) in [5.41, 5.74) is 5.03. The number of esters is 3. The van der Waals surface area contributed by atoms with Gasteiger partial charge in [-0.1, -0.05) is 198 Å². The van der Waals surface area contributed by atoms with Crippen LogP contribution in [0.2, 0.25) is 0 Å². The van der Waals surface area contributed by atoms with Gasteiger partial charge in [0.15, 0.2) is 50.1 Å². The monoisotopic (exact) mass is 1600 g/mol. The topological polar surface area (TPSA) is 358 Å². The summed E-state index contributed by atoms with van der Waals surface area (Å²) in [5.74, 6) is -3.49. The Hall–Kier alpha value is -10.6. The van der Waals surface area contributed by atoms with E-state index < -0.39 is 122 Å². The molecule has 576 valence electrons. The lowest BCUT2D eigenvalue weighted by atomic mass is 9.95. The van der Waals surface area contributed by atoms with Gasteiger partial charge in [0.05, 0.1) is 84.1 Å². The smallest absolute Gasteiger partial charge is 0.331 e. The number of carboxylic acid groups (broad SMARTS) is 1. The molecule has 0 saturated carbocycles. The number of β-lactam (4-membered cyclic amide) rings is 4. The van der Waals surface area contributed by atoms with Crippen molar-refractivity contribution >= 4 is 102 Å². The fourth-order valence-corrected chi connectivity index (χ4v) is 24.1. The van der Waals surface area contributed by atoms with Crippen LogP contribution in [-0.4, -0.2) is 205 Å². The molecule has 8 aliphatic heterocycles. The molecule has 11 heterocycles. The van der Waals surface area contributed by atoms with Crippen LogP contribution in [0.25, 0.3) is 0 Å². The van der Waals surface area contributed by atoms with Crippen molar-refractivity contribution in [3.8, 4) is 0 Å². The molecule has 12 atom stereocenters. The zero-order chi connectivity index (χ0) is 78.4. The number of nitrogens with zero attached hydrogens (tertiary/aromatic N) is 13. The molecule has 0 aliphatic carbocycles. The molecule has 17 rings (SSSR count). The van der Waals surface area contributed by atoms with E-state index in [9.17, 15) is 60.3 Å². The average molecular weight is 1600 g/mol. The van der Waals surface area contributed by atoms with E-state index in [0.717, 1.165) is 43.2 Å². The number of ether oxygens (including phenoxy) is 3. The Bertz CT molecular complexity index is 5040. The third kappa shape index (κ3) is 14.3. The molecule has 8 saturated heterocycles. The van der Waals surface area contributed by atoms with Crippen LogP contribution in [-0.2, 0) is 91.9 Å². The number of carbonyl (C=O) groups excluding carboxylic acids is 7. The third-order valence-corrected chi connectivity index (χ3v) is 30.7. The first-order chi connectivity index (χ1) is 53.2. The van der Waals surface area contributed by atoms with Crippen LogP contribution in [0.3, 0.4) is 0 Å². The summed E-state index contributed by atoms with van der Waals surface area (Å²) in [7, 11) is -7.68. The van der Waals surface area contributed by atoms with Gasteiger partial charge in [-0.05, 0) is 61.1 Å². The Morgan fingerprint density at radius 2 is 0.703 bits per heavy atom. The number of sulfone groups is 2. The van der Waals surface area contributed by atoms with E-state index in [4.69, 9.17) is 25.8 Å². The molecule has 9 aromatic rings. The molecule has 111 heavy (non-hydrogen) atoms. The number of aliphatic carboxylic acids is 1. The molecule has 0 bridgehead atoms. The number of hydrogen-bond donors (Lipinski definition) is 1. The van der Waals surface area contributed by atoms with Gasteiger partial charge in [0, 0.05) is 24.5 Å². The highest BCUT2D eigenvalue weighted by molar-refractivity contribution is 8.02. The number of carboxylic acids is 1. The van der Waals surface area contributed by atoms with Crippen molar-refractivity contribution in [2.75, 3.05) is 5.88 Å². The second-order valence-corrected chi connectivity index (χ2v) is 37.5. The lowest BCUT2D eigenvalue weighted by Crippen LogP contribution is -2.58. The first kappa shape index (κ1) is 77.1. The first-order valence-electron chi connectivity index (χ1n) is 35.5. The number of thioether (sulfide) groups is 2. The number of aromatic nitrogens is 9. The van der Waals surface area contributed by atoms with Crippen LogP contribution in [0.1, 0.15) is 105 Å². The van der Waals surface area contributed by atoms with Crippen LogP contribution >= 0.6 is 35.1 Å². The predicted molar refractivity (Wildman–Crippen MR) is 404 cm³/mol. The minimum absolute atomic E-state index is 0.00882. The van der Waals surface area contributed by atoms with Crippen molar-refractivity contribution in [2.24, 2.45) is 0 Å². The number of benzene rings is 6. The summed E-state index contributed by atoms with van der Waals surface area (Å²) in [6, 6.07) is 53.0. The Kier molecular flexibility index (Phi) is 21.5. The van der Waals surface area contributed by atoms with E-state index in [1.165, 1.54) is 48.0 Å². The number of halogens is 1. The zero-order valence-electron chi connectivity index (χ0n) is 60.2. The molecule has 3 aromatic heterocycles. The molecule has 29 nitrogen and oxygen atoms in total.